The first-order chi connectivity index (χ1) is 13.3. The second-order valence-corrected chi connectivity index (χ2v) is 8.82. The Kier molecular flexibility index (Phi) is 4.71. The van der Waals surface area contributed by atoms with Crippen molar-refractivity contribution in [3.63, 3.8) is 0 Å². The maximum atomic E-state index is 13.0. The number of amides is 1. The molecule has 0 N–H and O–H groups in total. The van der Waals surface area contributed by atoms with Gasteiger partial charge < -0.3 is 9.64 Å². The van der Waals surface area contributed by atoms with E-state index in [1.165, 1.54) is 18.4 Å². The Hall–Kier alpha value is -1.76. The summed E-state index contributed by atoms with van der Waals surface area (Å²) in [4.78, 5) is 22.2. The SMILES string of the molecule is O=C(c1csc(Cc2ccccc2)n1)N1CCN2[C@@H](COC[C@@H]2C2CC2)C1. The molecule has 1 aromatic carbocycles. The summed E-state index contributed by atoms with van der Waals surface area (Å²) in [6, 6.07) is 11.2. The van der Waals surface area contributed by atoms with Crippen LogP contribution in [-0.4, -0.2) is 65.6 Å². The lowest BCUT2D eigenvalue weighted by Gasteiger charge is -2.48. The number of benzene rings is 1. The number of piperazine rings is 1. The van der Waals surface area contributed by atoms with Crippen molar-refractivity contribution in [3.05, 3.63) is 52.0 Å². The molecule has 1 aromatic heterocycles. The van der Waals surface area contributed by atoms with Gasteiger partial charge in [0.2, 0.25) is 0 Å². The molecule has 3 fully saturated rings. The quantitative estimate of drug-likeness (QED) is 0.814. The number of fused-ring (bicyclic) bond motifs is 1. The normalized spacial score (nSPS) is 26.0. The van der Waals surface area contributed by atoms with Crippen molar-refractivity contribution in [2.75, 3.05) is 32.8 Å². The van der Waals surface area contributed by atoms with Crippen molar-refractivity contribution in [2.45, 2.75) is 31.3 Å². The topological polar surface area (TPSA) is 45.7 Å². The maximum Gasteiger partial charge on any atom is 0.273 e. The molecule has 0 unspecified atom stereocenters. The van der Waals surface area contributed by atoms with Gasteiger partial charge in [-0.3, -0.25) is 9.69 Å². The van der Waals surface area contributed by atoms with E-state index in [-0.39, 0.29) is 5.91 Å². The summed E-state index contributed by atoms with van der Waals surface area (Å²) in [5, 5.41) is 2.91. The van der Waals surface area contributed by atoms with E-state index in [9.17, 15) is 4.79 Å². The molecule has 27 heavy (non-hydrogen) atoms. The van der Waals surface area contributed by atoms with Crippen LogP contribution in [0.5, 0.6) is 0 Å². The van der Waals surface area contributed by atoms with E-state index in [2.05, 4.69) is 22.0 Å². The second kappa shape index (κ2) is 7.34. The first-order valence-electron chi connectivity index (χ1n) is 9.89. The summed E-state index contributed by atoms with van der Waals surface area (Å²) in [7, 11) is 0. The maximum absolute atomic E-state index is 13.0. The minimum Gasteiger partial charge on any atom is -0.378 e. The summed E-state index contributed by atoms with van der Waals surface area (Å²) in [6.45, 7) is 4.12. The van der Waals surface area contributed by atoms with Gasteiger partial charge in [-0.15, -0.1) is 11.3 Å². The molecule has 1 aliphatic carbocycles. The number of morpholine rings is 1. The minimum atomic E-state index is 0.0683. The van der Waals surface area contributed by atoms with Crippen molar-refractivity contribution in [1.29, 1.82) is 0 Å². The van der Waals surface area contributed by atoms with Crippen LogP contribution in [0.4, 0.5) is 0 Å². The summed E-state index contributed by atoms with van der Waals surface area (Å²) < 4.78 is 5.86. The average Bonchev–Trinajstić information content (AvgIpc) is 3.46. The lowest BCUT2D eigenvalue weighted by Crippen LogP contribution is -2.63. The van der Waals surface area contributed by atoms with Crippen LogP contribution in [0.15, 0.2) is 35.7 Å². The van der Waals surface area contributed by atoms with E-state index >= 15 is 0 Å². The molecule has 3 heterocycles. The molecule has 0 radical (unpaired) electrons. The molecule has 5 nitrogen and oxygen atoms in total. The van der Waals surface area contributed by atoms with Crippen molar-refractivity contribution < 1.29 is 9.53 Å². The fourth-order valence-corrected chi connectivity index (χ4v) is 5.17. The number of carbonyl (C=O) groups is 1. The Morgan fingerprint density at radius 2 is 2.04 bits per heavy atom. The molecule has 2 aromatic rings. The standard InChI is InChI=1S/C21H25N3O2S/c25-21(18-14-27-20(22-18)10-15-4-2-1-3-5-15)23-8-9-24-17(11-23)12-26-13-19(24)16-6-7-16/h1-5,14,16-17,19H,6-13H2/t17-,19-/m1/s1. The zero-order valence-electron chi connectivity index (χ0n) is 15.4. The Morgan fingerprint density at radius 1 is 1.19 bits per heavy atom. The fraction of sp³-hybridized carbons (Fsp3) is 0.524. The van der Waals surface area contributed by atoms with Crippen LogP contribution in [0.25, 0.3) is 0 Å². The van der Waals surface area contributed by atoms with Crippen molar-refractivity contribution in [2.24, 2.45) is 5.92 Å². The highest BCUT2D eigenvalue weighted by molar-refractivity contribution is 7.09. The Labute approximate surface area is 164 Å². The number of carbonyl (C=O) groups excluding carboxylic acids is 1. The molecule has 6 heteroatoms. The van der Waals surface area contributed by atoms with Gasteiger partial charge in [-0.25, -0.2) is 4.98 Å². The van der Waals surface area contributed by atoms with E-state index in [0.717, 1.165) is 50.2 Å². The van der Waals surface area contributed by atoms with Crippen LogP contribution in [-0.2, 0) is 11.2 Å². The van der Waals surface area contributed by atoms with Gasteiger partial charge in [0.15, 0.2) is 0 Å². The molecule has 2 saturated heterocycles. The number of nitrogens with zero attached hydrogens (tertiary/aromatic N) is 3. The number of rotatable bonds is 4. The largest absolute Gasteiger partial charge is 0.378 e. The first kappa shape index (κ1) is 17.3. The van der Waals surface area contributed by atoms with Gasteiger partial charge in [-0.2, -0.15) is 0 Å². The number of thiazole rings is 1. The molecular weight excluding hydrogens is 358 g/mol. The van der Waals surface area contributed by atoms with Crippen LogP contribution in [0.2, 0.25) is 0 Å². The van der Waals surface area contributed by atoms with Crippen LogP contribution in [0, 0.1) is 5.92 Å². The summed E-state index contributed by atoms with van der Waals surface area (Å²) in [5.41, 5.74) is 1.82. The van der Waals surface area contributed by atoms with Gasteiger partial charge in [0.25, 0.3) is 5.91 Å². The third-order valence-electron chi connectivity index (χ3n) is 5.98. The van der Waals surface area contributed by atoms with E-state index in [1.807, 2.05) is 28.5 Å². The lowest BCUT2D eigenvalue weighted by molar-refractivity contribution is -0.0816. The van der Waals surface area contributed by atoms with Crippen LogP contribution in [0.3, 0.4) is 0 Å². The molecule has 142 valence electrons. The zero-order chi connectivity index (χ0) is 18.2. The number of hydrogen-bond acceptors (Lipinski definition) is 5. The second-order valence-electron chi connectivity index (χ2n) is 7.87. The van der Waals surface area contributed by atoms with E-state index in [4.69, 9.17) is 4.74 Å². The van der Waals surface area contributed by atoms with Gasteiger partial charge in [0.05, 0.1) is 24.3 Å². The van der Waals surface area contributed by atoms with Crippen LogP contribution < -0.4 is 0 Å². The predicted molar refractivity (Wildman–Crippen MR) is 105 cm³/mol. The Morgan fingerprint density at radius 3 is 2.85 bits per heavy atom. The molecule has 0 bridgehead atoms. The minimum absolute atomic E-state index is 0.0683. The smallest absolute Gasteiger partial charge is 0.273 e. The summed E-state index contributed by atoms with van der Waals surface area (Å²) >= 11 is 1.58. The van der Waals surface area contributed by atoms with Gasteiger partial charge in [0.1, 0.15) is 5.69 Å². The van der Waals surface area contributed by atoms with Crippen molar-refractivity contribution >= 4 is 17.2 Å². The van der Waals surface area contributed by atoms with E-state index < -0.39 is 0 Å². The van der Waals surface area contributed by atoms with Gasteiger partial charge in [-0.1, -0.05) is 30.3 Å². The van der Waals surface area contributed by atoms with E-state index in [0.29, 0.717) is 17.8 Å². The molecule has 1 saturated carbocycles. The van der Waals surface area contributed by atoms with Crippen LogP contribution in [0.1, 0.15) is 33.9 Å². The average molecular weight is 384 g/mol. The molecule has 5 rings (SSSR count). The summed E-state index contributed by atoms with van der Waals surface area (Å²) in [5.74, 6) is 0.882. The lowest BCUT2D eigenvalue weighted by atomic mass is 10.0. The Bertz CT molecular complexity index is 805. The highest BCUT2D eigenvalue weighted by Gasteiger charge is 2.43. The van der Waals surface area contributed by atoms with E-state index in [1.54, 1.807) is 11.3 Å². The van der Waals surface area contributed by atoms with Crippen molar-refractivity contribution in [3.8, 4) is 0 Å². The van der Waals surface area contributed by atoms with Crippen LogP contribution >= 0.6 is 11.3 Å². The highest BCUT2D eigenvalue weighted by Crippen LogP contribution is 2.38. The first-order valence-corrected chi connectivity index (χ1v) is 10.8. The van der Waals surface area contributed by atoms with Gasteiger partial charge >= 0.3 is 0 Å². The molecule has 2 atom stereocenters. The summed E-state index contributed by atoms with van der Waals surface area (Å²) in [6.07, 6.45) is 3.46. The number of ether oxygens (including phenoxy) is 1. The molecular formula is C21H25N3O2S. The third-order valence-corrected chi connectivity index (χ3v) is 6.82. The predicted octanol–water partition coefficient (Wildman–Crippen LogP) is 2.67. The third kappa shape index (κ3) is 3.66. The molecule has 3 aliphatic rings. The van der Waals surface area contributed by atoms with Gasteiger partial charge in [0, 0.05) is 37.5 Å². The Balaban J connectivity index is 1.24. The number of aromatic nitrogens is 1. The fourth-order valence-electron chi connectivity index (χ4n) is 4.37. The molecule has 0 spiro atoms. The monoisotopic (exact) mass is 383 g/mol. The van der Waals surface area contributed by atoms with Crippen molar-refractivity contribution in [1.82, 2.24) is 14.8 Å². The van der Waals surface area contributed by atoms with Gasteiger partial charge in [-0.05, 0) is 24.3 Å². The number of hydrogen-bond donors (Lipinski definition) is 0. The molecule has 2 aliphatic heterocycles. The zero-order valence-corrected chi connectivity index (χ0v) is 16.2. The highest BCUT2D eigenvalue weighted by atomic mass is 32.1. The molecule has 1 amide bonds.